The number of halogens is 3. The molecular formula is C37H31F3N4O4S2. The molecule has 50 heavy (non-hydrogen) atoms. The summed E-state index contributed by atoms with van der Waals surface area (Å²) < 4.78 is 43.6. The first-order chi connectivity index (χ1) is 24.0. The highest BCUT2D eigenvalue weighted by Crippen LogP contribution is 2.54. The average Bonchev–Trinajstić information content (AvgIpc) is 3.54. The zero-order chi connectivity index (χ0) is 35.3. The van der Waals surface area contributed by atoms with Gasteiger partial charge in [-0.2, -0.15) is 13.2 Å². The highest BCUT2D eigenvalue weighted by Gasteiger charge is 2.57. The van der Waals surface area contributed by atoms with Gasteiger partial charge >= 0.3 is 11.0 Å². The predicted molar refractivity (Wildman–Crippen MR) is 190 cm³/mol. The first-order valence-electron chi connectivity index (χ1n) is 16.1. The van der Waals surface area contributed by atoms with Crippen molar-refractivity contribution in [2.24, 2.45) is 5.92 Å². The van der Waals surface area contributed by atoms with Crippen molar-refractivity contribution in [2.45, 2.75) is 42.8 Å². The molecule has 2 aliphatic heterocycles. The Balaban J connectivity index is 1.29. The van der Waals surface area contributed by atoms with Crippen molar-refractivity contribution in [3.8, 4) is 0 Å². The molecule has 1 aromatic heterocycles. The van der Waals surface area contributed by atoms with E-state index in [-0.39, 0.29) is 6.54 Å². The van der Waals surface area contributed by atoms with Crippen LogP contribution < -0.4 is 20.0 Å². The van der Waals surface area contributed by atoms with Crippen LogP contribution in [0.5, 0.6) is 0 Å². The summed E-state index contributed by atoms with van der Waals surface area (Å²) in [7, 11) is 0. The van der Waals surface area contributed by atoms with Crippen molar-refractivity contribution < 1.29 is 27.6 Å². The summed E-state index contributed by atoms with van der Waals surface area (Å²) in [4.78, 5) is 58.1. The Morgan fingerprint density at radius 2 is 1.54 bits per heavy atom. The lowest BCUT2D eigenvalue weighted by atomic mass is 9.83. The Morgan fingerprint density at radius 3 is 2.24 bits per heavy atom. The number of hydrogen-bond donors (Lipinski definition) is 1. The normalized spacial score (nSPS) is 18.7. The van der Waals surface area contributed by atoms with E-state index in [1.165, 1.54) is 16.7 Å². The zero-order valence-electron chi connectivity index (χ0n) is 26.9. The number of anilines is 3. The highest BCUT2D eigenvalue weighted by atomic mass is 32.2. The third kappa shape index (κ3) is 5.87. The number of amides is 3. The van der Waals surface area contributed by atoms with Crippen LogP contribution in [-0.2, 0) is 27.1 Å². The summed E-state index contributed by atoms with van der Waals surface area (Å²) in [5.41, 5.74) is 0.490. The maximum atomic E-state index is 14.2. The molecular weight excluding hydrogens is 686 g/mol. The number of fused-ring (bicyclic) bond motifs is 3. The third-order valence-electron chi connectivity index (χ3n) is 9.22. The number of thioether (sulfide) groups is 1. The first-order valence-corrected chi connectivity index (χ1v) is 17.8. The fourth-order valence-corrected chi connectivity index (χ4v) is 9.63. The second kappa shape index (κ2) is 13.1. The Kier molecular flexibility index (Phi) is 8.81. The predicted octanol–water partition coefficient (Wildman–Crippen LogP) is 7.36. The quantitative estimate of drug-likeness (QED) is 0.169. The molecule has 3 heterocycles. The van der Waals surface area contributed by atoms with Crippen LogP contribution in [0.2, 0.25) is 0 Å². The molecule has 3 atom stereocenters. The average molecular weight is 717 g/mol. The molecule has 7 rings (SSSR count). The van der Waals surface area contributed by atoms with E-state index in [4.69, 9.17) is 0 Å². The first kappa shape index (κ1) is 33.6. The van der Waals surface area contributed by atoms with Crippen LogP contribution in [0.15, 0.2) is 101 Å². The van der Waals surface area contributed by atoms with Gasteiger partial charge in [-0.05, 0) is 66.6 Å². The molecule has 1 N–H and O–H groups in total. The minimum Gasteiger partial charge on any atom is -0.372 e. The molecule has 13 heteroatoms. The molecule has 0 aliphatic carbocycles. The second-order valence-corrected chi connectivity index (χ2v) is 14.2. The maximum Gasteiger partial charge on any atom is 0.418 e. The maximum absolute atomic E-state index is 14.2. The minimum atomic E-state index is -4.81. The lowest BCUT2D eigenvalue weighted by molar-refractivity contribution is -0.137. The number of rotatable bonds is 8. The van der Waals surface area contributed by atoms with Gasteiger partial charge in [0.1, 0.15) is 11.8 Å². The lowest BCUT2D eigenvalue weighted by Gasteiger charge is -2.31. The van der Waals surface area contributed by atoms with Gasteiger partial charge in [-0.3, -0.25) is 23.7 Å². The molecule has 1 fully saturated rings. The summed E-state index contributed by atoms with van der Waals surface area (Å²) in [6, 6.07) is 25.1. The Hall–Kier alpha value is -4.88. The topological polar surface area (TPSA) is 91.7 Å². The number of imide groups is 1. The van der Waals surface area contributed by atoms with Crippen molar-refractivity contribution in [3.63, 3.8) is 0 Å². The van der Waals surface area contributed by atoms with Crippen LogP contribution in [0, 0.1) is 5.92 Å². The summed E-state index contributed by atoms with van der Waals surface area (Å²) in [5, 5.41) is 3.98. The van der Waals surface area contributed by atoms with Crippen molar-refractivity contribution in [2.75, 3.05) is 28.2 Å². The number of hydrogen-bond acceptors (Lipinski definition) is 7. The van der Waals surface area contributed by atoms with Gasteiger partial charge in [0.15, 0.2) is 0 Å². The highest BCUT2D eigenvalue weighted by molar-refractivity contribution is 8.00. The smallest absolute Gasteiger partial charge is 0.372 e. The number of para-hydroxylation sites is 1. The molecule has 0 radical (unpaired) electrons. The number of nitrogens with one attached hydrogen (secondary N) is 1. The van der Waals surface area contributed by atoms with E-state index in [9.17, 15) is 32.3 Å². The van der Waals surface area contributed by atoms with Gasteiger partial charge in [0.2, 0.25) is 17.7 Å². The Bertz CT molecular complexity index is 2190. The Morgan fingerprint density at radius 1 is 0.860 bits per heavy atom. The molecule has 4 aromatic carbocycles. The van der Waals surface area contributed by atoms with Crippen LogP contribution in [0.1, 0.15) is 35.8 Å². The van der Waals surface area contributed by atoms with Gasteiger partial charge in [-0.25, -0.2) is 4.90 Å². The van der Waals surface area contributed by atoms with Crippen molar-refractivity contribution in [1.29, 1.82) is 0 Å². The van der Waals surface area contributed by atoms with Crippen molar-refractivity contribution >= 4 is 68.7 Å². The van der Waals surface area contributed by atoms with Gasteiger partial charge in [0.05, 0.1) is 22.2 Å². The number of carbonyl (C=O) groups excluding carboxylic acids is 3. The molecule has 1 saturated heterocycles. The number of thiazole rings is 1. The number of benzene rings is 4. The summed E-state index contributed by atoms with van der Waals surface area (Å²) in [6.45, 7) is 5.21. The van der Waals surface area contributed by atoms with Gasteiger partial charge in [-0.15, -0.1) is 0 Å². The van der Waals surface area contributed by atoms with Gasteiger partial charge < -0.3 is 10.2 Å². The summed E-state index contributed by atoms with van der Waals surface area (Å²) in [6.07, 6.45) is -4.81. The molecule has 8 nitrogen and oxygen atoms in total. The Labute approximate surface area is 293 Å². The van der Waals surface area contributed by atoms with Crippen molar-refractivity contribution in [3.05, 3.63) is 117 Å². The molecule has 256 valence electrons. The fourth-order valence-electron chi connectivity index (χ4n) is 6.85. The SMILES string of the molecule is CCN(CC)c1ccc([C@H]2c3sc(=O)n(CC(=O)Nc4ccc5ccccc5c4)c3SC3C(=O)N(c4ccccc4C(F)(F)F)C(=O)C32)cc1. The summed E-state index contributed by atoms with van der Waals surface area (Å²) >= 11 is 1.83. The monoisotopic (exact) mass is 716 g/mol. The van der Waals surface area contributed by atoms with Gasteiger partial charge in [0, 0.05) is 35.3 Å². The number of carbonyl (C=O) groups is 3. The molecule has 0 bridgehead atoms. The van der Waals surface area contributed by atoms with E-state index >= 15 is 0 Å². The van der Waals surface area contributed by atoms with Crippen LogP contribution >= 0.6 is 23.1 Å². The third-order valence-corrected chi connectivity index (χ3v) is 11.8. The second-order valence-electron chi connectivity index (χ2n) is 12.1. The number of aromatic nitrogens is 1. The number of nitrogens with zero attached hydrogens (tertiary/aromatic N) is 3. The number of alkyl halides is 3. The minimum absolute atomic E-state index is 0.347. The lowest BCUT2D eigenvalue weighted by Crippen LogP contribution is -2.33. The largest absolute Gasteiger partial charge is 0.418 e. The van der Waals surface area contributed by atoms with E-state index in [0.717, 1.165) is 64.8 Å². The standard InChI is InChI=1S/C37H31F3N4O4S2/c1-3-42(4-2)25-17-14-22(15-18-25)29-30-31(34(47)44(33(30)46)27-12-8-7-11-26(27)37(38,39)40)49-35-32(29)50-36(48)43(35)20-28(45)41-24-16-13-21-9-5-6-10-23(21)19-24/h5-19,29-31H,3-4,20H2,1-2H3,(H,41,45)/t29-,30?,31?/m1/s1. The molecule has 5 aromatic rings. The molecule has 3 amide bonds. The van der Waals surface area contributed by atoms with E-state index in [2.05, 4.69) is 10.2 Å². The fraction of sp³-hybridized carbons (Fsp3) is 0.243. The zero-order valence-corrected chi connectivity index (χ0v) is 28.6. The van der Waals surface area contributed by atoms with Crippen LogP contribution in [0.25, 0.3) is 10.8 Å². The van der Waals surface area contributed by atoms with Crippen LogP contribution in [-0.4, -0.2) is 40.6 Å². The van der Waals surface area contributed by atoms with Crippen LogP contribution in [0.4, 0.5) is 30.2 Å². The van der Waals surface area contributed by atoms with Crippen molar-refractivity contribution in [1.82, 2.24) is 4.57 Å². The molecule has 2 unspecified atom stereocenters. The van der Waals surface area contributed by atoms with E-state index < -0.39 is 57.1 Å². The van der Waals surface area contributed by atoms with E-state index in [1.807, 2.05) is 74.5 Å². The molecule has 0 spiro atoms. The van der Waals surface area contributed by atoms with Gasteiger partial charge in [0.25, 0.3) is 0 Å². The van der Waals surface area contributed by atoms with Gasteiger partial charge in [-0.1, -0.05) is 77.7 Å². The van der Waals surface area contributed by atoms with E-state index in [1.54, 1.807) is 6.07 Å². The summed E-state index contributed by atoms with van der Waals surface area (Å²) in [5.74, 6) is -3.94. The van der Waals surface area contributed by atoms with Crippen LogP contribution in [0.3, 0.4) is 0 Å². The van der Waals surface area contributed by atoms with E-state index in [0.29, 0.717) is 26.1 Å². The molecule has 0 saturated carbocycles. The molecule has 2 aliphatic rings.